The molecule has 0 saturated carbocycles. The summed E-state index contributed by atoms with van der Waals surface area (Å²) in [4.78, 5) is 37.5. The first-order chi connectivity index (χ1) is 13.6. The van der Waals surface area contributed by atoms with Gasteiger partial charge in [-0.2, -0.15) is 0 Å². The Hall–Kier alpha value is -3.55. The number of imide groups is 1. The number of cyclic esters (lactones) is 1. The zero-order chi connectivity index (χ0) is 19.5. The number of benzene rings is 2. The van der Waals surface area contributed by atoms with E-state index < -0.39 is 30.1 Å². The number of nitrogens with one attached hydrogen (secondary N) is 1. The highest BCUT2D eigenvalue weighted by Crippen LogP contribution is 2.31. The zero-order valence-corrected chi connectivity index (χ0v) is 14.9. The van der Waals surface area contributed by atoms with Crippen LogP contribution in [0.15, 0.2) is 54.6 Å². The second-order valence-electron chi connectivity index (χ2n) is 6.40. The fraction of sp³-hybridized carbons (Fsp3) is 0.250. The third kappa shape index (κ3) is 3.62. The van der Waals surface area contributed by atoms with Crippen molar-refractivity contribution in [1.82, 2.24) is 10.2 Å². The second kappa shape index (κ2) is 7.59. The van der Waals surface area contributed by atoms with Crippen LogP contribution in [0, 0.1) is 0 Å². The highest BCUT2D eigenvalue weighted by atomic mass is 16.6. The Morgan fingerprint density at radius 3 is 2.46 bits per heavy atom. The van der Waals surface area contributed by atoms with E-state index in [0.717, 1.165) is 10.5 Å². The Kier molecular flexibility index (Phi) is 4.84. The summed E-state index contributed by atoms with van der Waals surface area (Å²) in [6.45, 7) is -0.253. The van der Waals surface area contributed by atoms with Crippen molar-refractivity contribution in [3.05, 3.63) is 60.2 Å². The zero-order valence-electron chi connectivity index (χ0n) is 14.9. The van der Waals surface area contributed by atoms with Crippen molar-refractivity contribution in [1.29, 1.82) is 0 Å². The quantitative estimate of drug-likeness (QED) is 0.845. The predicted octanol–water partition coefficient (Wildman–Crippen LogP) is 1.66. The van der Waals surface area contributed by atoms with E-state index in [1.165, 1.54) is 0 Å². The molecule has 8 nitrogen and oxygen atoms in total. The number of nitrogens with zero attached hydrogens (tertiary/aromatic N) is 1. The summed E-state index contributed by atoms with van der Waals surface area (Å²) in [5.41, 5.74) is 0.750. The second-order valence-corrected chi connectivity index (χ2v) is 6.40. The molecule has 2 heterocycles. The molecule has 3 amide bonds. The van der Waals surface area contributed by atoms with Crippen molar-refractivity contribution in [3.8, 4) is 11.5 Å². The van der Waals surface area contributed by atoms with E-state index in [1.54, 1.807) is 18.2 Å². The minimum Gasteiger partial charge on any atom is -0.485 e. The number of hydrogen-bond donors (Lipinski definition) is 1. The SMILES string of the molecule is O=C(N[C@@H](CN1C(=O)COC1=O)c1ccccc1)[C@H]1COc2ccccc2O1. The van der Waals surface area contributed by atoms with Crippen molar-refractivity contribution in [2.45, 2.75) is 12.1 Å². The molecule has 2 aliphatic heterocycles. The minimum atomic E-state index is -0.845. The maximum Gasteiger partial charge on any atom is 0.417 e. The molecule has 1 saturated heterocycles. The van der Waals surface area contributed by atoms with E-state index in [4.69, 9.17) is 14.2 Å². The molecule has 4 rings (SSSR count). The summed E-state index contributed by atoms with van der Waals surface area (Å²) in [7, 11) is 0. The standard InChI is InChI=1S/C20H18N2O6/c23-18-12-27-20(25)22(18)10-14(13-6-2-1-3-7-13)21-19(24)17-11-26-15-8-4-5-9-16(15)28-17/h1-9,14,17H,10-12H2,(H,21,24)/t14-,17+/m0/s1. The first-order valence-corrected chi connectivity index (χ1v) is 8.83. The van der Waals surface area contributed by atoms with Crippen molar-refractivity contribution in [2.24, 2.45) is 0 Å². The molecule has 0 aromatic heterocycles. The maximum atomic E-state index is 12.8. The number of amides is 3. The molecule has 0 unspecified atom stereocenters. The van der Waals surface area contributed by atoms with E-state index in [0.29, 0.717) is 11.5 Å². The van der Waals surface area contributed by atoms with Gasteiger partial charge in [-0.25, -0.2) is 9.69 Å². The highest BCUT2D eigenvalue weighted by molar-refractivity contribution is 5.97. The van der Waals surface area contributed by atoms with Crippen LogP contribution in [-0.2, 0) is 14.3 Å². The first kappa shape index (κ1) is 17.8. The van der Waals surface area contributed by atoms with Gasteiger partial charge in [0.15, 0.2) is 18.1 Å². The number of carbonyl (C=O) groups is 3. The summed E-state index contributed by atoms with van der Waals surface area (Å²) in [6.07, 6.45) is -1.56. The summed E-state index contributed by atoms with van der Waals surface area (Å²) in [5, 5.41) is 2.86. The van der Waals surface area contributed by atoms with Gasteiger partial charge in [-0.15, -0.1) is 0 Å². The maximum absolute atomic E-state index is 12.8. The summed E-state index contributed by atoms with van der Waals surface area (Å²) >= 11 is 0. The van der Waals surface area contributed by atoms with E-state index in [2.05, 4.69) is 5.32 Å². The number of rotatable bonds is 5. The van der Waals surface area contributed by atoms with Gasteiger partial charge >= 0.3 is 6.09 Å². The lowest BCUT2D eigenvalue weighted by Gasteiger charge is -2.28. The van der Waals surface area contributed by atoms with Gasteiger partial charge in [-0.05, 0) is 17.7 Å². The predicted molar refractivity (Wildman–Crippen MR) is 96.7 cm³/mol. The topological polar surface area (TPSA) is 94.2 Å². The lowest BCUT2D eigenvalue weighted by molar-refractivity contribution is -0.132. The minimum absolute atomic E-state index is 0.0302. The molecule has 0 bridgehead atoms. The van der Waals surface area contributed by atoms with Crippen LogP contribution in [-0.4, -0.2) is 48.7 Å². The third-order valence-corrected chi connectivity index (χ3v) is 4.53. The number of ether oxygens (including phenoxy) is 3. The Morgan fingerprint density at radius 1 is 1.04 bits per heavy atom. The fourth-order valence-electron chi connectivity index (χ4n) is 3.07. The molecule has 28 heavy (non-hydrogen) atoms. The average Bonchev–Trinajstić information content (AvgIpc) is 3.05. The van der Waals surface area contributed by atoms with Gasteiger partial charge in [0, 0.05) is 0 Å². The van der Waals surface area contributed by atoms with Crippen LogP contribution in [0.1, 0.15) is 11.6 Å². The number of hydrogen-bond acceptors (Lipinski definition) is 6. The van der Waals surface area contributed by atoms with Crippen LogP contribution in [0.2, 0.25) is 0 Å². The number of fused-ring (bicyclic) bond motifs is 1. The summed E-state index contributed by atoms with van der Waals surface area (Å²) in [6, 6.07) is 15.6. The van der Waals surface area contributed by atoms with Gasteiger partial charge in [0.05, 0.1) is 12.6 Å². The Morgan fingerprint density at radius 2 is 1.75 bits per heavy atom. The highest BCUT2D eigenvalue weighted by Gasteiger charge is 2.35. The molecule has 1 fully saturated rings. The number of carbonyl (C=O) groups excluding carboxylic acids is 3. The van der Waals surface area contributed by atoms with Crippen molar-refractivity contribution in [3.63, 3.8) is 0 Å². The van der Waals surface area contributed by atoms with Gasteiger partial charge in [-0.1, -0.05) is 42.5 Å². The molecule has 2 aromatic rings. The summed E-state index contributed by atoms with van der Waals surface area (Å²) < 4.78 is 16.1. The Balaban J connectivity index is 1.50. The van der Waals surface area contributed by atoms with Crippen LogP contribution < -0.4 is 14.8 Å². The molecule has 2 atom stereocenters. The molecule has 144 valence electrons. The molecule has 2 aromatic carbocycles. The van der Waals surface area contributed by atoms with E-state index in [-0.39, 0.29) is 19.8 Å². The van der Waals surface area contributed by atoms with Crippen molar-refractivity contribution < 1.29 is 28.6 Å². The van der Waals surface area contributed by atoms with Crippen LogP contribution in [0.4, 0.5) is 4.79 Å². The van der Waals surface area contributed by atoms with Gasteiger partial charge < -0.3 is 19.5 Å². The Bertz CT molecular complexity index is 885. The number of para-hydroxylation sites is 2. The Labute approximate surface area is 161 Å². The van der Waals surface area contributed by atoms with Crippen LogP contribution in [0.5, 0.6) is 11.5 Å². The monoisotopic (exact) mass is 382 g/mol. The lowest BCUT2D eigenvalue weighted by atomic mass is 10.1. The smallest absolute Gasteiger partial charge is 0.417 e. The van der Waals surface area contributed by atoms with Crippen LogP contribution >= 0.6 is 0 Å². The molecule has 0 aliphatic carbocycles. The van der Waals surface area contributed by atoms with Crippen molar-refractivity contribution in [2.75, 3.05) is 19.8 Å². The normalized spacial score (nSPS) is 19.1. The lowest BCUT2D eigenvalue weighted by Crippen LogP contribution is -2.48. The molecule has 2 aliphatic rings. The van der Waals surface area contributed by atoms with Crippen LogP contribution in [0.25, 0.3) is 0 Å². The fourth-order valence-corrected chi connectivity index (χ4v) is 3.07. The van der Waals surface area contributed by atoms with Crippen LogP contribution in [0.3, 0.4) is 0 Å². The van der Waals surface area contributed by atoms with Gasteiger partial charge in [0.25, 0.3) is 11.8 Å². The molecule has 8 heteroatoms. The molecular formula is C20H18N2O6. The molecule has 1 N–H and O–H groups in total. The van der Waals surface area contributed by atoms with E-state index in [1.807, 2.05) is 36.4 Å². The molecule has 0 spiro atoms. The van der Waals surface area contributed by atoms with Gasteiger partial charge in [0.1, 0.15) is 6.61 Å². The average molecular weight is 382 g/mol. The van der Waals surface area contributed by atoms with E-state index >= 15 is 0 Å². The molecular weight excluding hydrogens is 364 g/mol. The largest absolute Gasteiger partial charge is 0.485 e. The van der Waals surface area contributed by atoms with Gasteiger partial charge in [-0.3, -0.25) is 9.59 Å². The van der Waals surface area contributed by atoms with Gasteiger partial charge in [0.2, 0.25) is 6.10 Å². The third-order valence-electron chi connectivity index (χ3n) is 4.53. The van der Waals surface area contributed by atoms with E-state index in [9.17, 15) is 14.4 Å². The summed E-state index contributed by atoms with van der Waals surface area (Å²) in [5.74, 6) is 0.231. The molecule has 0 radical (unpaired) electrons. The first-order valence-electron chi connectivity index (χ1n) is 8.83. The van der Waals surface area contributed by atoms with Crippen molar-refractivity contribution >= 4 is 17.9 Å².